The van der Waals surface area contributed by atoms with E-state index in [0.717, 1.165) is 17.7 Å². The fraction of sp³-hybridized carbons (Fsp3) is 0.133. The molecule has 0 aliphatic carbocycles. The van der Waals surface area contributed by atoms with Crippen LogP contribution in [0, 0.1) is 10.5 Å². The highest BCUT2D eigenvalue weighted by molar-refractivity contribution is 14.1. The predicted molar refractivity (Wildman–Crippen MR) is 160 cm³/mol. The van der Waals surface area contributed by atoms with Crippen LogP contribution >= 0.6 is 31.2 Å². The summed E-state index contributed by atoms with van der Waals surface area (Å²) in [6.07, 6.45) is 0. The van der Waals surface area contributed by atoms with E-state index in [4.69, 9.17) is 0 Å². The summed E-state index contributed by atoms with van der Waals surface area (Å²) in [5.74, 6) is -0.557. The number of rotatable bonds is 4. The number of ether oxygens (including phenoxy) is 2. The van der Waals surface area contributed by atoms with E-state index in [-0.39, 0.29) is 19.4 Å². The summed E-state index contributed by atoms with van der Waals surface area (Å²) in [4.78, 5) is 22.0. The van der Waals surface area contributed by atoms with E-state index in [1.165, 1.54) is 24.8 Å². The summed E-state index contributed by atoms with van der Waals surface area (Å²) in [6, 6.07) is 35.8. The van der Waals surface area contributed by atoms with Crippen molar-refractivity contribution in [3.63, 3.8) is 0 Å². The summed E-state index contributed by atoms with van der Waals surface area (Å²) >= 11 is 2.10. The van der Waals surface area contributed by atoms with Gasteiger partial charge in [0, 0.05) is 3.57 Å². The molecule has 0 aliphatic rings. The third-order valence-electron chi connectivity index (χ3n) is 4.67. The Morgan fingerprint density at radius 3 is 1.44 bits per heavy atom. The van der Waals surface area contributed by atoms with Gasteiger partial charge in [-0.15, -0.1) is 0 Å². The monoisotopic (exact) mass is 614 g/mol. The van der Waals surface area contributed by atoms with E-state index in [9.17, 15) is 9.59 Å². The lowest BCUT2D eigenvalue weighted by molar-refractivity contribution is 0.0591. The summed E-state index contributed by atoms with van der Waals surface area (Å²) in [5.41, 5.74) is 2.20. The number of aryl methyl sites for hydroxylation is 1. The Morgan fingerprint density at radius 2 is 1.00 bits per heavy atom. The first-order valence-corrected chi connectivity index (χ1v) is 12.9. The van der Waals surface area contributed by atoms with Crippen LogP contribution in [0.5, 0.6) is 0 Å². The molecule has 0 fully saturated rings. The summed E-state index contributed by atoms with van der Waals surface area (Å²) in [7, 11) is 3.54. The summed E-state index contributed by atoms with van der Waals surface area (Å²) < 4.78 is 10.1. The molecule has 0 saturated carbocycles. The van der Waals surface area contributed by atoms with Gasteiger partial charge in [0.15, 0.2) is 0 Å². The zero-order chi connectivity index (χ0) is 25.5. The fourth-order valence-corrected chi connectivity index (χ4v) is 4.52. The second-order valence-electron chi connectivity index (χ2n) is 7.13. The zero-order valence-corrected chi connectivity index (χ0v) is 23.1. The van der Waals surface area contributed by atoms with Crippen molar-refractivity contribution in [1.82, 2.24) is 0 Å². The number of hydrogen-bond donors (Lipinski definition) is 0. The molecule has 0 saturated heterocycles. The lowest BCUT2D eigenvalue weighted by Gasteiger charge is -2.00. The highest BCUT2D eigenvalue weighted by Crippen LogP contribution is 2.12. The highest BCUT2D eigenvalue weighted by atomic mass is 127. The average molecular weight is 614 g/mol. The Hall–Kier alpha value is -3.02. The van der Waals surface area contributed by atoms with Crippen LogP contribution in [-0.4, -0.2) is 26.2 Å². The van der Waals surface area contributed by atoms with Crippen molar-refractivity contribution in [2.45, 2.75) is 14.4 Å². The van der Waals surface area contributed by atoms with E-state index >= 15 is 0 Å². The van der Waals surface area contributed by atoms with Crippen molar-refractivity contribution in [2.75, 3.05) is 14.2 Å². The molecule has 0 bridgehead atoms. The minimum atomic E-state index is -0.282. The fourth-order valence-electron chi connectivity index (χ4n) is 2.86. The van der Waals surface area contributed by atoms with Crippen LogP contribution in [0.2, 0.25) is 0 Å². The van der Waals surface area contributed by atoms with Crippen molar-refractivity contribution in [3.05, 3.63) is 129 Å². The van der Waals surface area contributed by atoms with Crippen molar-refractivity contribution >= 4 is 53.7 Å². The molecule has 0 heterocycles. The second-order valence-corrected chi connectivity index (χ2v) is 9.70. The van der Waals surface area contributed by atoms with Crippen molar-refractivity contribution in [1.29, 1.82) is 0 Å². The third kappa shape index (κ3) is 10.7. The van der Waals surface area contributed by atoms with Crippen LogP contribution in [0.15, 0.2) is 109 Å². The standard InChI is InChI=1S/C12H11P.C9H10O2.C8H7IO2.CH4/c1-3-7-11(8-4-1)13-12-9-5-2-6-10-12;1-7-5-3-4-6-8(7)9(10)11-2;1-11-8(10)6-4-2-3-5-7(6)9;/h1-10,13H;3-6H,1-2H3;2-5H,1H3;1H4. The highest BCUT2D eigenvalue weighted by Gasteiger charge is 2.07. The van der Waals surface area contributed by atoms with Gasteiger partial charge >= 0.3 is 11.9 Å². The van der Waals surface area contributed by atoms with E-state index in [0.29, 0.717) is 11.1 Å². The lowest BCUT2D eigenvalue weighted by atomic mass is 10.1. The van der Waals surface area contributed by atoms with Crippen LogP contribution < -0.4 is 10.6 Å². The molecule has 188 valence electrons. The van der Waals surface area contributed by atoms with Gasteiger partial charge in [0.2, 0.25) is 0 Å². The van der Waals surface area contributed by atoms with Crippen molar-refractivity contribution < 1.29 is 19.1 Å². The molecule has 36 heavy (non-hydrogen) atoms. The molecule has 4 nitrogen and oxygen atoms in total. The number of carbonyl (C=O) groups is 2. The molecular formula is C30H32IO4P. The molecular weight excluding hydrogens is 582 g/mol. The number of hydrogen-bond acceptors (Lipinski definition) is 4. The number of benzene rings is 4. The molecule has 0 atom stereocenters. The first kappa shape index (κ1) is 31.0. The molecule has 0 unspecified atom stereocenters. The molecule has 0 aliphatic heterocycles. The van der Waals surface area contributed by atoms with Crippen LogP contribution in [0.1, 0.15) is 33.7 Å². The van der Waals surface area contributed by atoms with Crippen molar-refractivity contribution in [3.8, 4) is 0 Å². The number of halogens is 1. The van der Waals surface area contributed by atoms with Crippen LogP contribution in [0.25, 0.3) is 0 Å². The van der Waals surface area contributed by atoms with E-state index < -0.39 is 0 Å². The molecule has 4 aromatic rings. The molecule has 4 rings (SSSR count). The maximum atomic E-state index is 11.0. The van der Waals surface area contributed by atoms with E-state index in [1.54, 1.807) is 12.1 Å². The average Bonchev–Trinajstić information content (AvgIpc) is 2.90. The minimum Gasteiger partial charge on any atom is -0.465 e. The topological polar surface area (TPSA) is 52.6 Å². The first-order chi connectivity index (χ1) is 17.0. The van der Waals surface area contributed by atoms with Crippen LogP contribution in [0.3, 0.4) is 0 Å². The van der Waals surface area contributed by atoms with Gasteiger partial charge in [-0.2, -0.15) is 0 Å². The minimum absolute atomic E-state index is 0. The molecule has 0 aromatic heterocycles. The van der Waals surface area contributed by atoms with Gasteiger partial charge in [-0.25, -0.2) is 9.59 Å². The quantitative estimate of drug-likeness (QED) is 0.144. The number of carbonyl (C=O) groups excluding carboxylic acids is 2. The Labute approximate surface area is 230 Å². The van der Waals surface area contributed by atoms with Gasteiger partial charge in [0.1, 0.15) is 0 Å². The molecule has 0 radical (unpaired) electrons. The Morgan fingerprint density at radius 1 is 0.611 bits per heavy atom. The van der Waals surface area contributed by atoms with Gasteiger partial charge < -0.3 is 9.47 Å². The third-order valence-corrected chi connectivity index (χ3v) is 6.85. The van der Waals surface area contributed by atoms with Gasteiger partial charge in [0.05, 0.1) is 25.3 Å². The normalized spacial score (nSPS) is 9.22. The summed E-state index contributed by atoms with van der Waals surface area (Å²) in [6.45, 7) is 1.88. The predicted octanol–water partition coefficient (Wildman–Crippen LogP) is 6.81. The maximum Gasteiger partial charge on any atom is 0.338 e. The number of methoxy groups -OCH3 is 2. The van der Waals surface area contributed by atoms with Gasteiger partial charge in [0.25, 0.3) is 0 Å². The molecule has 0 amide bonds. The van der Waals surface area contributed by atoms with E-state index in [1.807, 2.05) is 43.3 Å². The molecule has 0 spiro atoms. The molecule has 6 heteroatoms. The zero-order valence-electron chi connectivity index (χ0n) is 19.9. The van der Waals surface area contributed by atoms with Gasteiger partial charge in [-0.3, -0.25) is 0 Å². The Bertz CT molecular complexity index is 1100. The van der Waals surface area contributed by atoms with Crippen LogP contribution in [-0.2, 0) is 9.47 Å². The molecule has 0 N–H and O–H groups in total. The largest absolute Gasteiger partial charge is 0.465 e. The van der Waals surface area contributed by atoms with Crippen LogP contribution in [0.4, 0.5) is 0 Å². The molecule has 4 aromatic carbocycles. The first-order valence-electron chi connectivity index (χ1n) is 10.8. The Balaban J connectivity index is 0.000000268. The second kappa shape index (κ2) is 17.4. The van der Waals surface area contributed by atoms with Gasteiger partial charge in [-0.1, -0.05) is 107 Å². The van der Waals surface area contributed by atoms with E-state index in [2.05, 4.69) is 92.7 Å². The van der Waals surface area contributed by atoms with Gasteiger partial charge in [-0.05, 0) is 63.9 Å². The Kier molecular flexibility index (Phi) is 15.0. The smallest absolute Gasteiger partial charge is 0.338 e. The van der Waals surface area contributed by atoms with Crippen molar-refractivity contribution in [2.24, 2.45) is 0 Å². The number of esters is 2. The maximum absolute atomic E-state index is 11.0. The lowest BCUT2D eigenvalue weighted by Crippen LogP contribution is -2.02. The summed E-state index contributed by atoms with van der Waals surface area (Å²) in [5, 5.41) is 2.79. The SMILES string of the molecule is C.COC(=O)c1ccccc1C.COC(=O)c1ccccc1I.c1ccc(Pc2ccccc2)cc1.